The number of fused-ring (bicyclic) bond motifs is 1. The van der Waals surface area contributed by atoms with E-state index in [0.29, 0.717) is 21.9 Å². The lowest BCUT2D eigenvalue weighted by molar-refractivity contribution is 0.104. The molecule has 0 aliphatic rings. The lowest BCUT2D eigenvalue weighted by Gasteiger charge is -2.15. The van der Waals surface area contributed by atoms with Crippen LogP contribution in [0.1, 0.15) is 16.1 Å². The van der Waals surface area contributed by atoms with Gasteiger partial charge in [0.05, 0.1) is 17.3 Å². The molecule has 0 unspecified atom stereocenters. The molecule has 0 aliphatic heterocycles. The summed E-state index contributed by atoms with van der Waals surface area (Å²) in [6, 6.07) is 18.2. The highest BCUT2D eigenvalue weighted by molar-refractivity contribution is 6.31. The number of carbonyl (C=O) groups is 1. The average Bonchev–Trinajstić information content (AvgIpc) is 3.23. The van der Waals surface area contributed by atoms with Gasteiger partial charge in [0, 0.05) is 23.0 Å². The summed E-state index contributed by atoms with van der Waals surface area (Å²) < 4.78 is 6.71. The summed E-state index contributed by atoms with van der Waals surface area (Å²) >= 11 is 6.23. The van der Waals surface area contributed by atoms with Crippen molar-refractivity contribution in [1.29, 1.82) is 0 Å². The summed E-state index contributed by atoms with van der Waals surface area (Å²) in [5.41, 5.74) is 1.81. The summed E-state index contributed by atoms with van der Waals surface area (Å²) in [5.74, 6) is 0.146. The van der Waals surface area contributed by atoms with Gasteiger partial charge < -0.3 is 8.98 Å². The summed E-state index contributed by atoms with van der Waals surface area (Å²) in [7, 11) is 1.65. The molecule has 2 heterocycles. The fraction of sp³-hybridized carbons (Fsp3) is 0.0435. The number of nitrogens with zero attached hydrogens (tertiary/aromatic N) is 1. The fourth-order valence-electron chi connectivity index (χ4n) is 3.28. The van der Waals surface area contributed by atoms with Crippen molar-refractivity contribution in [2.75, 3.05) is 0 Å². The Labute approximate surface area is 166 Å². The number of hydrogen-bond acceptors (Lipinski definition) is 3. The first-order chi connectivity index (χ1) is 13.6. The Morgan fingerprint density at radius 2 is 1.86 bits per heavy atom. The van der Waals surface area contributed by atoms with E-state index >= 15 is 0 Å². The van der Waals surface area contributed by atoms with Crippen molar-refractivity contribution in [3.8, 4) is 11.1 Å². The average molecular weight is 390 g/mol. The van der Waals surface area contributed by atoms with Crippen LogP contribution < -0.4 is 5.56 Å². The second-order valence-corrected chi connectivity index (χ2v) is 6.79. The second-order valence-electron chi connectivity index (χ2n) is 6.35. The molecule has 4 nitrogen and oxygen atoms in total. The quantitative estimate of drug-likeness (QED) is 0.349. The van der Waals surface area contributed by atoms with Crippen LogP contribution in [0.2, 0.25) is 5.02 Å². The summed E-state index contributed by atoms with van der Waals surface area (Å²) in [4.78, 5) is 26.2. The Kier molecular flexibility index (Phi) is 4.72. The third-order valence-electron chi connectivity index (χ3n) is 4.61. The molecule has 5 heteroatoms. The van der Waals surface area contributed by atoms with Crippen molar-refractivity contribution in [3.63, 3.8) is 0 Å². The highest BCUT2D eigenvalue weighted by Gasteiger charge is 2.21. The van der Waals surface area contributed by atoms with E-state index < -0.39 is 5.78 Å². The predicted octanol–water partition coefficient (Wildman–Crippen LogP) is 5.35. The van der Waals surface area contributed by atoms with Gasteiger partial charge in [-0.3, -0.25) is 9.59 Å². The van der Waals surface area contributed by atoms with E-state index in [1.165, 1.54) is 16.9 Å². The molecule has 138 valence electrons. The number of benzene rings is 2. The molecule has 0 bridgehead atoms. The van der Waals surface area contributed by atoms with E-state index in [4.69, 9.17) is 16.0 Å². The van der Waals surface area contributed by atoms with Crippen molar-refractivity contribution in [1.82, 2.24) is 4.57 Å². The molecule has 0 aliphatic carbocycles. The fourth-order valence-corrected chi connectivity index (χ4v) is 3.45. The zero-order valence-electron chi connectivity index (χ0n) is 15.1. The van der Waals surface area contributed by atoms with E-state index in [1.54, 1.807) is 43.5 Å². The van der Waals surface area contributed by atoms with Gasteiger partial charge in [-0.15, -0.1) is 0 Å². The minimum Gasteiger partial charge on any atom is -0.465 e. The molecule has 0 amide bonds. The summed E-state index contributed by atoms with van der Waals surface area (Å²) in [6.07, 6.45) is 4.44. The molecule has 2 aromatic carbocycles. The van der Waals surface area contributed by atoms with Gasteiger partial charge in [0.1, 0.15) is 5.76 Å². The number of aromatic nitrogens is 1. The van der Waals surface area contributed by atoms with Crippen molar-refractivity contribution >= 4 is 34.4 Å². The van der Waals surface area contributed by atoms with Crippen molar-refractivity contribution < 1.29 is 9.21 Å². The zero-order valence-corrected chi connectivity index (χ0v) is 15.8. The Morgan fingerprint density at radius 1 is 1.07 bits per heavy atom. The molecule has 0 N–H and O–H groups in total. The topological polar surface area (TPSA) is 52.2 Å². The van der Waals surface area contributed by atoms with E-state index in [-0.39, 0.29) is 11.1 Å². The number of pyridine rings is 1. The Balaban J connectivity index is 2.03. The minimum atomic E-state index is -0.391. The number of halogens is 1. The third-order valence-corrected chi connectivity index (χ3v) is 4.84. The molecule has 4 aromatic rings. The number of allylic oxidation sites excluding steroid dienone is 1. The van der Waals surface area contributed by atoms with Gasteiger partial charge in [0.2, 0.25) is 0 Å². The molecule has 4 rings (SSSR count). The Morgan fingerprint density at radius 3 is 2.57 bits per heavy atom. The van der Waals surface area contributed by atoms with Gasteiger partial charge in [-0.05, 0) is 48.0 Å². The van der Waals surface area contributed by atoms with E-state index in [9.17, 15) is 9.59 Å². The van der Waals surface area contributed by atoms with Crippen molar-refractivity contribution in [2.24, 2.45) is 7.05 Å². The first kappa shape index (κ1) is 18.0. The normalized spacial score (nSPS) is 11.4. The van der Waals surface area contributed by atoms with Crippen LogP contribution in [0.3, 0.4) is 0 Å². The Bertz CT molecular complexity index is 1250. The third kappa shape index (κ3) is 3.19. The zero-order chi connectivity index (χ0) is 19.7. The number of hydrogen-bond donors (Lipinski definition) is 0. The molecule has 0 atom stereocenters. The minimum absolute atomic E-state index is 0.103. The summed E-state index contributed by atoms with van der Waals surface area (Å²) in [6.45, 7) is 0. The molecule has 0 fully saturated rings. The van der Waals surface area contributed by atoms with E-state index in [2.05, 4.69) is 0 Å². The predicted molar refractivity (Wildman–Crippen MR) is 112 cm³/mol. The van der Waals surface area contributed by atoms with Crippen LogP contribution in [0.4, 0.5) is 0 Å². The highest BCUT2D eigenvalue weighted by Crippen LogP contribution is 2.32. The molecule has 0 spiro atoms. The van der Waals surface area contributed by atoms with Crippen LogP contribution in [0.25, 0.3) is 28.1 Å². The maximum absolute atomic E-state index is 13.1. The van der Waals surface area contributed by atoms with Crippen molar-refractivity contribution in [3.05, 3.63) is 99.7 Å². The van der Waals surface area contributed by atoms with Crippen LogP contribution in [0, 0.1) is 0 Å². The molecular formula is C23H16ClNO3. The number of ketones is 1. The largest absolute Gasteiger partial charge is 0.465 e. The lowest BCUT2D eigenvalue weighted by atomic mass is 9.93. The highest BCUT2D eigenvalue weighted by atomic mass is 35.5. The van der Waals surface area contributed by atoms with Gasteiger partial charge in [-0.1, -0.05) is 41.9 Å². The molecule has 0 saturated carbocycles. The maximum Gasteiger partial charge on any atom is 0.262 e. The number of carbonyl (C=O) groups excluding carboxylic acids is 1. The number of aryl methyl sites for hydroxylation is 1. The van der Waals surface area contributed by atoms with Crippen LogP contribution in [-0.2, 0) is 7.05 Å². The monoisotopic (exact) mass is 389 g/mol. The molecule has 0 radical (unpaired) electrons. The van der Waals surface area contributed by atoms with Gasteiger partial charge in [0.25, 0.3) is 5.56 Å². The van der Waals surface area contributed by atoms with Gasteiger partial charge in [-0.2, -0.15) is 0 Å². The standard InChI is InChI=1S/C23H16ClNO3/c1-25-19-11-9-16(24)14-18(19)21(15-6-3-2-4-7-15)22(23(25)27)20(26)12-10-17-8-5-13-28-17/h2-14H,1H3. The van der Waals surface area contributed by atoms with Gasteiger partial charge in [0.15, 0.2) is 5.78 Å². The van der Waals surface area contributed by atoms with E-state index in [0.717, 1.165) is 10.9 Å². The van der Waals surface area contributed by atoms with Crippen LogP contribution in [-0.4, -0.2) is 10.4 Å². The maximum atomic E-state index is 13.1. The van der Waals surface area contributed by atoms with Gasteiger partial charge >= 0.3 is 0 Å². The molecule has 2 aromatic heterocycles. The molecule has 0 saturated heterocycles. The number of rotatable bonds is 4. The lowest BCUT2D eigenvalue weighted by Crippen LogP contribution is -2.25. The van der Waals surface area contributed by atoms with Crippen molar-refractivity contribution in [2.45, 2.75) is 0 Å². The molecular weight excluding hydrogens is 374 g/mol. The van der Waals surface area contributed by atoms with Gasteiger partial charge in [-0.25, -0.2) is 0 Å². The molecule has 28 heavy (non-hydrogen) atoms. The smallest absolute Gasteiger partial charge is 0.262 e. The second kappa shape index (κ2) is 7.33. The van der Waals surface area contributed by atoms with Crippen LogP contribution in [0.15, 0.2) is 82.2 Å². The number of furan rings is 1. The SMILES string of the molecule is Cn1c(=O)c(C(=O)C=Cc2ccco2)c(-c2ccccc2)c2cc(Cl)ccc21. The van der Waals surface area contributed by atoms with Crippen LogP contribution >= 0.6 is 11.6 Å². The first-order valence-corrected chi connectivity index (χ1v) is 9.07. The Hall–Kier alpha value is -3.37. The first-order valence-electron chi connectivity index (χ1n) is 8.70. The van der Waals surface area contributed by atoms with Crippen LogP contribution in [0.5, 0.6) is 0 Å². The summed E-state index contributed by atoms with van der Waals surface area (Å²) in [5, 5.41) is 1.28. The van der Waals surface area contributed by atoms with E-state index in [1.807, 2.05) is 30.3 Å².